The van der Waals surface area contributed by atoms with Gasteiger partial charge in [0.2, 0.25) is 0 Å². The van der Waals surface area contributed by atoms with E-state index in [1.807, 2.05) is 24.3 Å². The number of fused-ring (bicyclic) bond motifs is 2. The van der Waals surface area contributed by atoms with Crippen molar-refractivity contribution in [2.75, 3.05) is 0 Å². The van der Waals surface area contributed by atoms with Gasteiger partial charge in [-0.05, 0) is 41.0 Å². The Labute approximate surface area is 233 Å². The third-order valence-corrected chi connectivity index (χ3v) is 9.65. The van der Waals surface area contributed by atoms with Crippen LogP contribution in [-0.4, -0.2) is 0 Å². The maximum absolute atomic E-state index is 14.2. The normalized spacial score (nSPS) is 12.7. The van der Waals surface area contributed by atoms with Crippen LogP contribution < -0.4 is 0 Å². The molecule has 0 saturated carbocycles. The van der Waals surface area contributed by atoms with Gasteiger partial charge in [0.15, 0.2) is 11.7 Å². The molecule has 0 fully saturated rings. The number of allylic oxidation sites excluding steroid dienone is 1. The Hall–Kier alpha value is -4.07. The molecule has 0 N–H and O–H groups in total. The van der Waals surface area contributed by atoms with Crippen molar-refractivity contribution in [1.29, 1.82) is 0 Å². The van der Waals surface area contributed by atoms with Gasteiger partial charge in [0, 0.05) is 51.8 Å². The predicted octanol–water partition coefficient (Wildman–Crippen LogP) is 12.4. The Balaban J connectivity index is 1.51. The minimum atomic E-state index is -2.34. The standard InChI is InChI=1S/C33H17F5S2/c1-16(34)29(35)17-8-12-19(13-9-17)31-27-21-4-2-7-24-26(21)28(22-5-3-6-23(39-31)25(22)27)32(40-24)20-14-10-18(11-15-20)30(36)33(37)38/h2-15H,1H3/b29-16+. The molecule has 196 valence electrons. The molecule has 5 aromatic carbocycles. The average Bonchev–Trinajstić information content (AvgIpc) is 3.56. The van der Waals surface area contributed by atoms with Crippen LogP contribution in [0, 0.1) is 0 Å². The van der Waals surface area contributed by atoms with Gasteiger partial charge >= 0.3 is 6.08 Å². The number of halogens is 5. The van der Waals surface area contributed by atoms with Crippen LogP contribution in [0.25, 0.3) is 74.3 Å². The smallest absolute Gasteiger partial charge is 0.209 e. The van der Waals surface area contributed by atoms with E-state index in [2.05, 4.69) is 24.3 Å². The summed E-state index contributed by atoms with van der Waals surface area (Å²) in [5, 5.41) is 6.53. The van der Waals surface area contributed by atoms with Gasteiger partial charge in [-0.15, -0.1) is 22.7 Å². The first-order valence-corrected chi connectivity index (χ1v) is 14.0. The molecular formula is C33H17F5S2. The zero-order valence-electron chi connectivity index (χ0n) is 20.8. The first-order chi connectivity index (χ1) is 19.3. The van der Waals surface area contributed by atoms with E-state index < -0.39 is 23.6 Å². The van der Waals surface area contributed by atoms with Crippen molar-refractivity contribution in [3.63, 3.8) is 0 Å². The maximum Gasteiger partial charge on any atom is 0.306 e. The molecule has 0 radical (unpaired) electrons. The van der Waals surface area contributed by atoms with E-state index in [1.165, 1.54) is 12.1 Å². The van der Waals surface area contributed by atoms with Crippen LogP contribution in [0.1, 0.15) is 18.1 Å². The second-order valence-corrected chi connectivity index (χ2v) is 11.7. The molecule has 0 unspecified atom stereocenters. The van der Waals surface area contributed by atoms with Crippen LogP contribution >= 0.6 is 22.7 Å². The fraction of sp³-hybridized carbons (Fsp3) is 0.0303. The van der Waals surface area contributed by atoms with Crippen LogP contribution in [0.5, 0.6) is 0 Å². The Morgan fingerprint density at radius 3 is 1.32 bits per heavy atom. The van der Waals surface area contributed by atoms with E-state index in [-0.39, 0.29) is 11.1 Å². The van der Waals surface area contributed by atoms with Crippen molar-refractivity contribution in [3.05, 3.63) is 108 Å². The van der Waals surface area contributed by atoms with E-state index in [0.29, 0.717) is 0 Å². The van der Waals surface area contributed by atoms with Crippen LogP contribution in [0.3, 0.4) is 0 Å². The van der Waals surface area contributed by atoms with E-state index in [1.54, 1.807) is 46.9 Å². The Morgan fingerprint density at radius 1 is 0.500 bits per heavy atom. The van der Waals surface area contributed by atoms with Gasteiger partial charge < -0.3 is 0 Å². The molecule has 0 aliphatic carbocycles. The number of hydrogen-bond acceptors (Lipinski definition) is 2. The van der Waals surface area contributed by atoms with Crippen LogP contribution in [0.4, 0.5) is 22.0 Å². The van der Waals surface area contributed by atoms with Gasteiger partial charge in [-0.25, -0.2) is 13.2 Å². The van der Waals surface area contributed by atoms with Crippen molar-refractivity contribution in [1.82, 2.24) is 0 Å². The molecule has 2 aromatic heterocycles. The summed E-state index contributed by atoms with van der Waals surface area (Å²) >= 11 is 3.26. The summed E-state index contributed by atoms with van der Waals surface area (Å²) in [6.45, 7) is 1.10. The van der Waals surface area contributed by atoms with Crippen molar-refractivity contribution >= 4 is 76.0 Å². The first-order valence-electron chi connectivity index (χ1n) is 12.4. The maximum atomic E-state index is 14.2. The molecule has 0 nitrogen and oxygen atoms in total. The van der Waals surface area contributed by atoms with Crippen molar-refractivity contribution in [3.8, 4) is 20.9 Å². The zero-order chi connectivity index (χ0) is 27.7. The fourth-order valence-electron chi connectivity index (χ4n) is 5.48. The summed E-state index contributed by atoms with van der Waals surface area (Å²) in [6.07, 6.45) is -2.34. The summed E-state index contributed by atoms with van der Waals surface area (Å²) in [5.41, 5.74) is 1.77. The predicted molar refractivity (Wildman–Crippen MR) is 159 cm³/mol. The molecule has 0 amide bonds. The fourth-order valence-corrected chi connectivity index (χ4v) is 7.98. The number of hydrogen-bond donors (Lipinski definition) is 0. The topological polar surface area (TPSA) is 0 Å². The number of rotatable bonds is 4. The Kier molecular flexibility index (Phi) is 5.77. The molecule has 0 aliphatic rings. The van der Waals surface area contributed by atoms with Gasteiger partial charge in [-0.3, -0.25) is 0 Å². The molecule has 7 aromatic rings. The molecule has 0 atom stereocenters. The molecule has 0 spiro atoms. The monoisotopic (exact) mass is 572 g/mol. The molecule has 2 heterocycles. The van der Waals surface area contributed by atoms with E-state index in [4.69, 9.17) is 0 Å². The van der Waals surface area contributed by atoms with Gasteiger partial charge in [0.1, 0.15) is 5.83 Å². The lowest BCUT2D eigenvalue weighted by Crippen LogP contribution is -1.84. The lowest BCUT2D eigenvalue weighted by molar-refractivity contribution is 0.410. The Morgan fingerprint density at radius 2 is 0.925 bits per heavy atom. The first kappa shape index (κ1) is 24.9. The zero-order valence-corrected chi connectivity index (χ0v) is 22.4. The van der Waals surface area contributed by atoms with Gasteiger partial charge in [0.05, 0.1) is 0 Å². The van der Waals surface area contributed by atoms with E-state index in [0.717, 1.165) is 69.5 Å². The van der Waals surface area contributed by atoms with Crippen molar-refractivity contribution in [2.24, 2.45) is 0 Å². The largest absolute Gasteiger partial charge is 0.306 e. The van der Waals surface area contributed by atoms with Crippen molar-refractivity contribution in [2.45, 2.75) is 6.92 Å². The molecule has 0 bridgehead atoms. The molecule has 7 heteroatoms. The van der Waals surface area contributed by atoms with Gasteiger partial charge in [0.25, 0.3) is 0 Å². The minimum Gasteiger partial charge on any atom is -0.209 e. The summed E-state index contributed by atoms with van der Waals surface area (Å²) < 4.78 is 69.2. The highest BCUT2D eigenvalue weighted by atomic mass is 32.1. The Bertz CT molecular complexity index is 1980. The average molecular weight is 573 g/mol. The lowest BCUT2D eigenvalue weighted by atomic mass is 9.92. The molecular weight excluding hydrogens is 555 g/mol. The summed E-state index contributed by atoms with van der Waals surface area (Å²) in [5.74, 6) is -3.24. The molecule has 7 rings (SSSR count). The van der Waals surface area contributed by atoms with Crippen LogP contribution in [0.15, 0.2) is 96.8 Å². The van der Waals surface area contributed by atoms with E-state index in [9.17, 15) is 22.0 Å². The quantitative estimate of drug-likeness (QED) is 0.145. The summed E-state index contributed by atoms with van der Waals surface area (Å²) in [6, 6.07) is 25.3. The summed E-state index contributed by atoms with van der Waals surface area (Å²) in [4.78, 5) is 2.03. The molecule has 0 saturated heterocycles. The van der Waals surface area contributed by atoms with Crippen LogP contribution in [-0.2, 0) is 0 Å². The van der Waals surface area contributed by atoms with Crippen molar-refractivity contribution < 1.29 is 22.0 Å². The van der Waals surface area contributed by atoms with Gasteiger partial charge in [-0.1, -0.05) is 72.8 Å². The van der Waals surface area contributed by atoms with Gasteiger partial charge in [-0.2, -0.15) is 8.78 Å². The molecule has 0 aliphatic heterocycles. The second kappa shape index (κ2) is 9.25. The highest BCUT2D eigenvalue weighted by molar-refractivity contribution is 7.25. The molecule has 40 heavy (non-hydrogen) atoms. The van der Waals surface area contributed by atoms with Crippen LogP contribution in [0.2, 0.25) is 0 Å². The summed E-state index contributed by atoms with van der Waals surface area (Å²) in [7, 11) is 0. The third-order valence-electron chi connectivity index (χ3n) is 7.24. The highest BCUT2D eigenvalue weighted by Gasteiger charge is 2.23. The SMILES string of the molecule is C/C(F)=C(\F)c1ccc(-c2sc3cccc4c5c(-c6ccc(C(F)=C(F)F)cc6)sc6cccc(c2c34)c65)cc1. The number of benzene rings is 5. The second-order valence-electron chi connectivity index (χ2n) is 9.55. The lowest BCUT2D eigenvalue weighted by Gasteiger charge is -2.10. The highest BCUT2D eigenvalue weighted by Crippen LogP contribution is 2.53. The third kappa shape index (κ3) is 3.68. The minimum absolute atomic E-state index is 0.158. The number of thiophene rings is 2. The van der Waals surface area contributed by atoms with E-state index >= 15 is 0 Å².